The first-order valence-corrected chi connectivity index (χ1v) is 13.4. The van der Waals surface area contributed by atoms with E-state index < -0.39 is 16.2 Å². The summed E-state index contributed by atoms with van der Waals surface area (Å²) >= 11 is 0. The fourth-order valence-corrected chi connectivity index (χ4v) is 3.90. The Kier molecular flexibility index (Phi) is 20.0. The number of aliphatic hydroxyl groups is 1. The molecule has 0 rings (SSSR count). The minimum absolute atomic E-state index is 0.175. The van der Waals surface area contributed by atoms with Gasteiger partial charge in [-0.05, 0) is 6.42 Å². The molecular formula is C22H47NO4S. The Bertz CT molecular complexity index is 415. The van der Waals surface area contributed by atoms with Crippen molar-refractivity contribution < 1.29 is 18.1 Å². The Labute approximate surface area is 174 Å². The summed E-state index contributed by atoms with van der Waals surface area (Å²) in [5.41, 5.74) is 0. The predicted molar refractivity (Wildman–Crippen MR) is 119 cm³/mol. The van der Waals surface area contributed by atoms with E-state index in [1.807, 2.05) is 0 Å². The molecule has 5 nitrogen and oxygen atoms in total. The highest BCUT2D eigenvalue weighted by atomic mass is 32.2. The van der Waals surface area contributed by atoms with Gasteiger partial charge in [0.1, 0.15) is 0 Å². The Balaban J connectivity index is 3.17. The van der Waals surface area contributed by atoms with Crippen LogP contribution in [-0.4, -0.2) is 43.0 Å². The van der Waals surface area contributed by atoms with Crippen LogP contribution in [0.2, 0.25) is 0 Å². The summed E-state index contributed by atoms with van der Waals surface area (Å²) in [6.45, 7) is 2.83. The van der Waals surface area contributed by atoms with Crippen LogP contribution in [0.5, 0.6) is 0 Å². The van der Waals surface area contributed by atoms with E-state index in [-0.39, 0.29) is 12.3 Å². The second kappa shape index (κ2) is 20.1. The van der Waals surface area contributed by atoms with Crippen molar-refractivity contribution in [3.05, 3.63) is 0 Å². The first-order valence-electron chi connectivity index (χ1n) is 11.8. The molecule has 0 aliphatic heterocycles. The van der Waals surface area contributed by atoms with E-state index >= 15 is 0 Å². The lowest BCUT2D eigenvalue weighted by molar-refractivity contribution is 0.158. The standard InChI is InChI=1S/C22H47NO4S/c1-2-3-4-5-6-7-8-9-10-11-12-13-14-15-16-17-18-22(24)21-23-19-20-28(25,26)27/h22-24H,2-21H2,1H3,(H,25,26,27). The quantitative estimate of drug-likeness (QED) is 0.159. The molecule has 28 heavy (non-hydrogen) atoms. The van der Waals surface area contributed by atoms with Gasteiger partial charge in [-0.2, -0.15) is 8.42 Å². The Morgan fingerprint density at radius 1 is 0.714 bits per heavy atom. The smallest absolute Gasteiger partial charge is 0.266 e. The maximum Gasteiger partial charge on any atom is 0.266 e. The molecule has 1 unspecified atom stereocenters. The monoisotopic (exact) mass is 421 g/mol. The lowest BCUT2D eigenvalue weighted by atomic mass is 10.0. The van der Waals surface area contributed by atoms with Crippen LogP contribution in [-0.2, 0) is 10.1 Å². The highest BCUT2D eigenvalue weighted by molar-refractivity contribution is 7.85. The van der Waals surface area contributed by atoms with E-state index in [2.05, 4.69) is 12.2 Å². The second-order valence-electron chi connectivity index (χ2n) is 8.24. The van der Waals surface area contributed by atoms with Gasteiger partial charge >= 0.3 is 0 Å². The van der Waals surface area contributed by atoms with Crippen LogP contribution in [0.15, 0.2) is 0 Å². The topological polar surface area (TPSA) is 86.6 Å². The minimum atomic E-state index is -3.91. The first kappa shape index (κ1) is 27.8. The van der Waals surface area contributed by atoms with Crippen LogP contribution >= 0.6 is 0 Å². The van der Waals surface area contributed by atoms with E-state index in [1.54, 1.807) is 0 Å². The van der Waals surface area contributed by atoms with Gasteiger partial charge < -0.3 is 10.4 Å². The van der Waals surface area contributed by atoms with Gasteiger partial charge in [-0.1, -0.05) is 110 Å². The molecule has 0 saturated heterocycles. The number of hydrogen-bond acceptors (Lipinski definition) is 4. The molecule has 1 atom stereocenters. The number of unbranched alkanes of at least 4 members (excludes halogenated alkanes) is 15. The van der Waals surface area contributed by atoms with Crippen molar-refractivity contribution in [3.8, 4) is 0 Å². The van der Waals surface area contributed by atoms with Gasteiger partial charge in [0.2, 0.25) is 0 Å². The van der Waals surface area contributed by atoms with Crippen molar-refractivity contribution >= 4 is 10.1 Å². The number of aliphatic hydroxyl groups excluding tert-OH is 1. The SMILES string of the molecule is CCCCCCCCCCCCCCCCCCC(O)CNCCS(=O)(=O)O. The second-order valence-corrected chi connectivity index (χ2v) is 9.81. The predicted octanol–water partition coefficient (Wildman–Crippen LogP) is 5.48. The normalized spacial score (nSPS) is 13.1. The zero-order valence-corrected chi connectivity index (χ0v) is 19.2. The average Bonchev–Trinajstić information content (AvgIpc) is 2.64. The molecule has 0 heterocycles. The van der Waals surface area contributed by atoms with Gasteiger partial charge in [0, 0.05) is 13.1 Å². The Morgan fingerprint density at radius 2 is 1.11 bits per heavy atom. The van der Waals surface area contributed by atoms with Crippen LogP contribution in [0.1, 0.15) is 116 Å². The van der Waals surface area contributed by atoms with Gasteiger partial charge in [0.25, 0.3) is 10.1 Å². The number of nitrogens with one attached hydrogen (secondary N) is 1. The molecule has 6 heteroatoms. The van der Waals surface area contributed by atoms with E-state index in [0.717, 1.165) is 19.3 Å². The van der Waals surface area contributed by atoms with Gasteiger partial charge in [-0.3, -0.25) is 4.55 Å². The van der Waals surface area contributed by atoms with Crippen molar-refractivity contribution in [1.82, 2.24) is 5.32 Å². The number of hydrogen-bond donors (Lipinski definition) is 3. The number of rotatable bonds is 22. The molecule has 0 aliphatic rings. The van der Waals surface area contributed by atoms with E-state index in [9.17, 15) is 13.5 Å². The van der Waals surface area contributed by atoms with E-state index in [4.69, 9.17) is 4.55 Å². The largest absolute Gasteiger partial charge is 0.392 e. The van der Waals surface area contributed by atoms with E-state index in [0.29, 0.717) is 6.54 Å². The minimum Gasteiger partial charge on any atom is -0.392 e. The van der Waals surface area contributed by atoms with Crippen molar-refractivity contribution in [3.63, 3.8) is 0 Å². The molecule has 0 aliphatic carbocycles. The van der Waals surface area contributed by atoms with Gasteiger partial charge in [-0.25, -0.2) is 0 Å². The van der Waals surface area contributed by atoms with Gasteiger partial charge in [0.05, 0.1) is 11.9 Å². The summed E-state index contributed by atoms with van der Waals surface area (Å²) in [6, 6.07) is 0. The van der Waals surface area contributed by atoms with Crippen LogP contribution in [0.4, 0.5) is 0 Å². The van der Waals surface area contributed by atoms with E-state index in [1.165, 1.54) is 89.9 Å². The third-order valence-electron chi connectivity index (χ3n) is 5.31. The van der Waals surface area contributed by atoms with Crippen molar-refractivity contribution in [2.75, 3.05) is 18.8 Å². The zero-order chi connectivity index (χ0) is 20.9. The molecule has 170 valence electrons. The third kappa shape index (κ3) is 23.9. The maximum atomic E-state index is 10.6. The van der Waals surface area contributed by atoms with Crippen LogP contribution in [0.25, 0.3) is 0 Å². The fourth-order valence-electron chi connectivity index (χ4n) is 3.50. The van der Waals surface area contributed by atoms with Gasteiger partial charge in [0.15, 0.2) is 0 Å². The van der Waals surface area contributed by atoms with Crippen molar-refractivity contribution in [2.45, 2.75) is 122 Å². The molecule has 0 aromatic heterocycles. The lowest BCUT2D eigenvalue weighted by Crippen LogP contribution is -2.30. The molecule has 0 amide bonds. The average molecular weight is 422 g/mol. The molecule has 0 radical (unpaired) electrons. The van der Waals surface area contributed by atoms with Gasteiger partial charge in [-0.15, -0.1) is 0 Å². The summed E-state index contributed by atoms with van der Waals surface area (Å²) < 4.78 is 29.7. The molecule has 0 aromatic rings. The molecule has 0 fully saturated rings. The fraction of sp³-hybridized carbons (Fsp3) is 1.00. The maximum absolute atomic E-state index is 10.6. The van der Waals surface area contributed by atoms with Crippen LogP contribution in [0, 0.1) is 0 Å². The summed E-state index contributed by atoms with van der Waals surface area (Å²) in [5.74, 6) is -0.307. The van der Waals surface area contributed by atoms with Crippen LogP contribution in [0.3, 0.4) is 0 Å². The summed E-state index contributed by atoms with van der Waals surface area (Å²) in [7, 11) is -3.91. The van der Waals surface area contributed by atoms with Crippen LogP contribution < -0.4 is 5.32 Å². The Morgan fingerprint density at radius 3 is 1.50 bits per heavy atom. The highest BCUT2D eigenvalue weighted by Crippen LogP contribution is 2.14. The van der Waals surface area contributed by atoms with Crippen molar-refractivity contribution in [1.29, 1.82) is 0 Å². The molecular weight excluding hydrogens is 374 g/mol. The molecule has 0 saturated carbocycles. The summed E-state index contributed by atoms with van der Waals surface area (Å²) in [4.78, 5) is 0. The summed E-state index contributed by atoms with van der Waals surface area (Å²) in [5, 5.41) is 12.7. The molecule has 3 N–H and O–H groups in total. The molecule has 0 spiro atoms. The Hall–Kier alpha value is -0.170. The van der Waals surface area contributed by atoms with Crippen molar-refractivity contribution in [2.24, 2.45) is 0 Å². The lowest BCUT2D eigenvalue weighted by Gasteiger charge is -2.11. The molecule has 0 aromatic carbocycles. The zero-order valence-electron chi connectivity index (χ0n) is 18.3. The highest BCUT2D eigenvalue weighted by Gasteiger charge is 2.06. The first-order chi connectivity index (χ1) is 13.5. The summed E-state index contributed by atoms with van der Waals surface area (Å²) in [6.07, 6.45) is 21.7. The molecule has 0 bridgehead atoms. The third-order valence-corrected chi connectivity index (χ3v) is 6.03.